The number of ether oxygens (including phenoxy) is 3. The van der Waals surface area contributed by atoms with Crippen LogP contribution in [-0.4, -0.2) is 66.3 Å². The fraction of sp³-hybridized carbons (Fsp3) is 0.323. The number of nitrogens with zero attached hydrogens (tertiary/aromatic N) is 3. The van der Waals surface area contributed by atoms with Gasteiger partial charge in [-0.05, 0) is 55.3 Å². The highest BCUT2D eigenvalue weighted by atomic mass is 16.5. The van der Waals surface area contributed by atoms with E-state index in [9.17, 15) is 4.79 Å². The van der Waals surface area contributed by atoms with Crippen LogP contribution in [0.4, 0.5) is 17.2 Å². The van der Waals surface area contributed by atoms with Crippen LogP contribution in [0.5, 0.6) is 11.5 Å². The fourth-order valence-corrected chi connectivity index (χ4v) is 5.30. The van der Waals surface area contributed by atoms with Gasteiger partial charge >= 0.3 is 0 Å². The highest BCUT2D eigenvalue weighted by molar-refractivity contribution is 5.95. The minimum absolute atomic E-state index is 0.0203. The van der Waals surface area contributed by atoms with E-state index in [1.54, 1.807) is 13.4 Å². The third kappa shape index (κ3) is 5.83. The zero-order valence-corrected chi connectivity index (χ0v) is 23.0. The lowest BCUT2D eigenvalue weighted by molar-refractivity contribution is -0.126. The summed E-state index contributed by atoms with van der Waals surface area (Å²) in [7, 11) is 1.64. The van der Waals surface area contributed by atoms with Crippen molar-refractivity contribution in [3.8, 4) is 22.8 Å². The maximum absolute atomic E-state index is 12.1. The molecule has 4 heterocycles. The van der Waals surface area contributed by atoms with E-state index in [-0.39, 0.29) is 18.1 Å². The van der Waals surface area contributed by atoms with Crippen molar-refractivity contribution in [1.82, 2.24) is 14.9 Å². The second kappa shape index (κ2) is 11.9. The minimum atomic E-state index is -0.0289. The first kappa shape index (κ1) is 26.6. The quantitative estimate of drug-likeness (QED) is 0.262. The number of nitrogens with one attached hydrogen (secondary N) is 2. The van der Waals surface area contributed by atoms with E-state index in [1.165, 1.54) is 12.4 Å². The van der Waals surface area contributed by atoms with Crippen LogP contribution in [0, 0.1) is 0 Å². The van der Waals surface area contributed by atoms with Crippen molar-refractivity contribution in [3.05, 3.63) is 67.7 Å². The van der Waals surface area contributed by atoms with Gasteiger partial charge in [-0.3, -0.25) is 4.79 Å². The van der Waals surface area contributed by atoms with Gasteiger partial charge in [0.05, 0.1) is 43.5 Å². The van der Waals surface area contributed by atoms with Crippen molar-refractivity contribution in [1.29, 1.82) is 0 Å². The number of furan rings is 1. The van der Waals surface area contributed by atoms with Crippen LogP contribution in [0.25, 0.3) is 22.2 Å². The van der Waals surface area contributed by atoms with Crippen molar-refractivity contribution in [2.45, 2.75) is 31.4 Å². The lowest BCUT2D eigenvalue weighted by Gasteiger charge is -2.32. The van der Waals surface area contributed by atoms with Crippen molar-refractivity contribution >= 4 is 34.0 Å². The van der Waals surface area contributed by atoms with Gasteiger partial charge in [0.2, 0.25) is 5.91 Å². The van der Waals surface area contributed by atoms with E-state index >= 15 is 0 Å². The van der Waals surface area contributed by atoms with Gasteiger partial charge < -0.3 is 34.2 Å². The van der Waals surface area contributed by atoms with Crippen LogP contribution in [-0.2, 0) is 9.53 Å². The molecule has 2 aliphatic heterocycles. The molecule has 0 unspecified atom stereocenters. The van der Waals surface area contributed by atoms with E-state index in [2.05, 4.69) is 27.2 Å². The molecule has 10 nitrogen and oxygen atoms in total. The smallest absolute Gasteiger partial charge is 0.245 e. The molecule has 1 amide bonds. The molecule has 1 atom stereocenters. The van der Waals surface area contributed by atoms with Gasteiger partial charge in [0, 0.05) is 42.6 Å². The maximum atomic E-state index is 12.1. The summed E-state index contributed by atoms with van der Waals surface area (Å²) < 4.78 is 23.2. The molecule has 2 aliphatic rings. The third-order valence-corrected chi connectivity index (χ3v) is 7.52. The fourth-order valence-electron chi connectivity index (χ4n) is 5.30. The molecule has 4 aromatic rings. The van der Waals surface area contributed by atoms with E-state index < -0.39 is 0 Å². The van der Waals surface area contributed by atoms with Gasteiger partial charge in [0.15, 0.2) is 0 Å². The zero-order valence-electron chi connectivity index (χ0n) is 23.0. The van der Waals surface area contributed by atoms with Crippen LogP contribution in [0.3, 0.4) is 0 Å². The molecule has 0 aliphatic carbocycles. The van der Waals surface area contributed by atoms with E-state index in [0.717, 1.165) is 58.6 Å². The maximum Gasteiger partial charge on any atom is 0.245 e. The van der Waals surface area contributed by atoms with Crippen LogP contribution in [0.2, 0.25) is 0 Å². The second-order valence-corrected chi connectivity index (χ2v) is 10.2. The number of aromatic nitrogens is 2. The first-order chi connectivity index (χ1) is 20.1. The number of fused-ring (bicyclic) bond motifs is 1. The summed E-state index contributed by atoms with van der Waals surface area (Å²) in [5, 5.41) is 7.97. The highest BCUT2D eigenvalue weighted by Crippen LogP contribution is 2.38. The molecule has 2 aromatic heterocycles. The summed E-state index contributed by atoms with van der Waals surface area (Å²) in [6.07, 6.45) is 7.01. The third-order valence-electron chi connectivity index (χ3n) is 7.52. The summed E-state index contributed by atoms with van der Waals surface area (Å²) in [6.45, 7) is 6.20. The molecule has 0 bridgehead atoms. The zero-order chi connectivity index (χ0) is 28.2. The number of hydrogen-bond donors (Lipinski definition) is 2. The molecule has 2 saturated heterocycles. The Hall–Kier alpha value is -4.57. The van der Waals surface area contributed by atoms with Gasteiger partial charge in [-0.15, -0.1) is 0 Å². The Morgan fingerprint density at radius 3 is 2.71 bits per heavy atom. The number of carbonyl (C=O) groups is 1. The first-order valence-corrected chi connectivity index (χ1v) is 13.8. The number of likely N-dealkylation sites (tertiary alicyclic amines) is 1. The number of hydrogen-bond acceptors (Lipinski definition) is 9. The molecule has 2 fully saturated rings. The largest absolute Gasteiger partial charge is 0.495 e. The van der Waals surface area contributed by atoms with Gasteiger partial charge in [-0.2, -0.15) is 0 Å². The summed E-state index contributed by atoms with van der Waals surface area (Å²) >= 11 is 0. The molecular weight excluding hydrogens is 522 g/mol. The Morgan fingerprint density at radius 1 is 1.10 bits per heavy atom. The van der Waals surface area contributed by atoms with Crippen LogP contribution >= 0.6 is 0 Å². The first-order valence-electron chi connectivity index (χ1n) is 13.8. The van der Waals surface area contributed by atoms with E-state index in [4.69, 9.17) is 18.6 Å². The highest BCUT2D eigenvalue weighted by Gasteiger charge is 2.25. The van der Waals surface area contributed by atoms with E-state index in [1.807, 2.05) is 47.4 Å². The summed E-state index contributed by atoms with van der Waals surface area (Å²) in [5.74, 6) is 2.76. The van der Waals surface area contributed by atoms with Gasteiger partial charge in [0.25, 0.3) is 0 Å². The lowest BCUT2D eigenvalue weighted by Crippen LogP contribution is -2.41. The lowest BCUT2D eigenvalue weighted by atomic mass is 10.0. The Kier molecular flexibility index (Phi) is 7.73. The van der Waals surface area contributed by atoms with Crippen molar-refractivity contribution < 1.29 is 23.4 Å². The van der Waals surface area contributed by atoms with Crippen LogP contribution < -0.4 is 20.1 Å². The molecule has 0 spiro atoms. The molecule has 2 N–H and O–H groups in total. The topological polar surface area (TPSA) is 111 Å². The summed E-state index contributed by atoms with van der Waals surface area (Å²) in [5.41, 5.74) is 3.26. The number of amides is 1. The molecule has 10 heteroatoms. The molecule has 2 aromatic carbocycles. The summed E-state index contributed by atoms with van der Waals surface area (Å²) in [4.78, 5) is 23.0. The number of anilines is 3. The average molecular weight is 556 g/mol. The Morgan fingerprint density at radius 2 is 1.98 bits per heavy atom. The molecule has 0 saturated carbocycles. The second-order valence-electron chi connectivity index (χ2n) is 10.2. The van der Waals surface area contributed by atoms with E-state index in [0.29, 0.717) is 37.9 Å². The number of rotatable bonds is 9. The number of carbonyl (C=O) groups excluding carboxylic acids is 1. The molecule has 6 rings (SSSR count). The number of benzene rings is 2. The molecule has 0 radical (unpaired) electrons. The average Bonchev–Trinajstić information content (AvgIpc) is 3.73. The summed E-state index contributed by atoms with van der Waals surface area (Å²) in [6, 6.07) is 13.8. The Labute approximate surface area is 238 Å². The predicted molar refractivity (Wildman–Crippen MR) is 157 cm³/mol. The SMILES string of the molecule is C=CC(=O)N1CCC(Nc2cc3c(Nc4cc(-c5ccco5)ccc4OC)ncnc3cc2O[C@H]2CCOC2)CC1. The van der Waals surface area contributed by atoms with Gasteiger partial charge in [-0.25, -0.2) is 9.97 Å². The number of piperidine rings is 1. The Balaban J connectivity index is 1.33. The predicted octanol–water partition coefficient (Wildman–Crippen LogP) is 5.40. The molecule has 212 valence electrons. The van der Waals surface area contributed by atoms with Crippen LogP contribution in [0.1, 0.15) is 19.3 Å². The number of methoxy groups -OCH3 is 1. The van der Waals surface area contributed by atoms with Crippen molar-refractivity contribution in [3.63, 3.8) is 0 Å². The standard InChI is InChI=1S/C31H33N5O5/c1-3-30(37)36-11-8-21(9-12-36)34-26-16-23-24(17-29(26)41-22-10-14-39-18-22)32-19-33-31(23)35-25-15-20(6-7-28(25)38-2)27-5-4-13-40-27/h3-7,13,15-17,19,21-22,34H,1,8-12,14,18H2,2H3,(H,32,33,35)/t22-/m0/s1. The van der Waals surface area contributed by atoms with Gasteiger partial charge in [0.1, 0.15) is 35.5 Å². The van der Waals surface area contributed by atoms with Gasteiger partial charge in [-0.1, -0.05) is 6.58 Å². The van der Waals surface area contributed by atoms with Crippen molar-refractivity contribution in [2.24, 2.45) is 0 Å². The molecule has 41 heavy (non-hydrogen) atoms. The monoisotopic (exact) mass is 555 g/mol. The molecular formula is C31H33N5O5. The Bertz CT molecular complexity index is 1530. The van der Waals surface area contributed by atoms with Crippen molar-refractivity contribution in [2.75, 3.05) is 44.0 Å². The minimum Gasteiger partial charge on any atom is -0.495 e. The van der Waals surface area contributed by atoms with Crippen LogP contribution in [0.15, 0.2) is 72.1 Å². The normalized spacial score (nSPS) is 17.4.